The van der Waals surface area contributed by atoms with Gasteiger partial charge in [0.15, 0.2) is 0 Å². The number of nitro groups is 1. The van der Waals surface area contributed by atoms with Crippen LogP contribution in [0.15, 0.2) is 12.1 Å². The van der Waals surface area contributed by atoms with Crippen LogP contribution in [0.25, 0.3) is 0 Å². The maximum absolute atomic E-state index is 13.3. The Balaban J connectivity index is 2.22. The van der Waals surface area contributed by atoms with Crippen LogP contribution in [-0.2, 0) is 0 Å². The van der Waals surface area contributed by atoms with Crippen LogP contribution in [-0.4, -0.2) is 11.0 Å². The zero-order chi connectivity index (χ0) is 14.0. The summed E-state index contributed by atoms with van der Waals surface area (Å²) in [6, 6.07) is 2.27. The molecule has 1 aliphatic carbocycles. The average molecular weight is 287 g/mol. The lowest BCUT2D eigenvalue weighted by Crippen LogP contribution is -2.24. The van der Waals surface area contributed by atoms with Crippen molar-refractivity contribution in [1.82, 2.24) is 0 Å². The number of nitro benzene ring substituents is 1. The van der Waals surface area contributed by atoms with Crippen LogP contribution in [0.1, 0.15) is 32.6 Å². The van der Waals surface area contributed by atoms with Crippen LogP contribution in [0, 0.1) is 21.8 Å². The minimum absolute atomic E-state index is 0.105. The molecule has 0 amide bonds. The maximum Gasteiger partial charge on any atom is 0.295 e. The van der Waals surface area contributed by atoms with Gasteiger partial charge in [0.25, 0.3) is 5.69 Å². The van der Waals surface area contributed by atoms with Crippen molar-refractivity contribution < 1.29 is 9.31 Å². The second-order valence-electron chi connectivity index (χ2n) is 5.02. The summed E-state index contributed by atoms with van der Waals surface area (Å²) in [4.78, 5) is 10.3. The first-order valence-corrected chi connectivity index (χ1v) is 6.77. The Morgan fingerprint density at radius 3 is 2.68 bits per heavy atom. The average Bonchev–Trinajstić information content (AvgIpc) is 2.86. The summed E-state index contributed by atoms with van der Waals surface area (Å²) in [5.74, 6) is -0.268. The fraction of sp³-hybridized carbons (Fsp3) is 0.538. The molecule has 1 aromatic rings. The molecule has 19 heavy (non-hydrogen) atoms. The van der Waals surface area contributed by atoms with Crippen LogP contribution in [0.4, 0.5) is 15.8 Å². The molecule has 6 heteroatoms. The highest BCUT2D eigenvalue weighted by Gasteiger charge is 2.25. The molecule has 4 nitrogen and oxygen atoms in total. The number of hydrogen-bond donors (Lipinski definition) is 1. The van der Waals surface area contributed by atoms with Crippen molar-refractivity contribution in [3.63, 3.8) is 0 Å². The van der Waals surface area contributed by atoms with Crippen molar-refractivity contribution in [2.24, 2.45) is 5.92 Å². The summed E-state index contributed by atoms with van der Waals surface area (Å²) >= 11 is 5.70. The number of nitrogens with one attached hydrogen (secondary N) is 1. The minimum Gasteiger partial charge on any atom is -0.377 e. The molecule has 2 rings (SSSR count). The number of hydrogen-bond acceptors (Lipinski definition) is 3. The summed E-state index contributed by atoms with van der Waals surface area (Å²) in [5.41, 5.74) is 0.0162. The van der Waals surface area contributed by atoms with Gasteiger partial charge >= 0.3 is 0 Å². The van der Waals surface area contributed by atoms with Gasteiger partial charge in [0.1, 0.15) is 11.5 Å². The number of anilines is 1. The molecule has 1 aromatic carbocycles. The quantitative estimate of drug-likeness (QED) is 0.660. The lowest BCUT2D eigenvalue weighted by atomic mass is 9.99. The molecule has 0 saturated heterocycles. The molecule has 0 aliphatic heterocycles. The largest absolute Gasteiger partial charge is 0.377 e. The first-order valence-electron chi connectivity index (χ1n) is 6.39. The van der Waals surface area contributed by atoms with Gasteiger partial charge in [-0.3, -0.25) is 10.1 Å². The van der Waals surface area contributed by atoms with E-state index in [-0.39, 0.29) is 22.4 Å². The predicted molar refractivity (Wildman–Crippen MR) is 73.1 cm³/mol. The lowest BCUT2D eigenvalue weighted by molar-refractivity contribution is -0.384. The molecule has 1 aliphatic rings. The van der Waals surface area contributed by atoms with Crippen molar-refractivity contribution in [2.45, 2.75) is 38.6 Å². The van der Waals surface area contributed by atoms with E-state index in [1.807, 2.05) is 6.92 Å². The SMILES string of the molecule is CC(Nc1cc(Cl)c(F)cc1[N+](=O)[O-])C1CCCC1. The van der Waals surface area contributed by atoms with E-state index in [1.54, 1.807) is 0 Å². The fourth-order valence-corrected chi connectivity index (χ4v) is 2.79. The van der Waals surface area contributed by atoms with Gasteiger partial charge in [-0.2, -0.15) is 0 Å². The van der Waals surface area contributed by atoms with Crippen LogP contribution < -0.4 is 5.32 Å². The van der Waals surface area contributed by atoms with Gasteiger partial charge in [-0.1, -0.05) is 24.4 Å². The number of rotatable bonds is 4. The predicted octanol–water partition coefficient (Wildman–Crippen LogP) is 4.38. The summed E-state index contributed by atoms with van der Waals surface area (Å²) in [6.45, 7) is 2.00. The highest BCUT2D eigenvalue weighted by Crippen LogP contribution is 2.34. The van der Waals surface area contributed by atoms with Crippen molar-refractivity contribution in [2.75, 3.05) is 5.32 Å². The van der Waals surface area contributed by atoms with Gasteiger partial charge in [-0.25, -0.2) is 4.39 Å². The molecular formula is C13H16ClFN2O2. The molecule has 1 fully saturated rings. The summed E-state index contributed by atoms with van der Waals surface area (Å²) < 4.78 is 13.3. The van der Waals surface area contributed by atoms with Gasteiger partial charge in [-0.05, 0) is 31.7 Å². The highest BCUT2D eigenvalue weighted by molar-refractivity contribution is 6.31. The summed E-state index contributed by atoms with van der Waals surface area (Å²) in [7, 11) is 0. The Morgan fingerprint density at radius 2 is 2.11 bits per heavy atom. The number of nitrogens with zero attached hydrogens (tertiary/aromatic N) is 1. The van der Waals surface area contributed by atoms with Crippen molar-refractivity contribution in [3.05, 3.63) is 33.1 Å². The molecule has 0 heterocycles. The Kier molecular flexibility index (Phi) is 4.24. The number of benzene rings is 1. The first kappa shape index (κ1) is 14.1. The van der Waals surface area contributed by atoms with E-state index in [0.29, 0.717) is 5.92 Å². The molecule has 1 N–H and O–H groups in total. The van der Waals surface area contributed by atoms with Gasteiger partial charge < -0.3 is 5.32 Å². The van der Waals surface area contributed by atoms with Crippen molar-refractivity contribution >= 4 is 23.0 Å². The Morgan fingerprint density at radius 1 is 1.47 bits per heavy atom. The maximum atomic E-state index is 13.3. The second-order valence-corrected chi connectivity index (χ2v) is 5.43. The summed E-state index contributed by atoms with van der Waals surface area (Å²) in [6.07, 6.45) is 4.64. The van der Waals surface area contributed by atoms with Gasteiger partial charge in [0.2, 0.25) is 0 Å². The van der Waals surface area contributed by atoms with E-state index in [0.717, 1.165) is 18.9 Å². The Labute approximate surface area is 116 Å². The molecule has 0 spiro atoms. The van der Waals surface area contributed by atoms with E-state index >= 15 is 0 Å². The van der Waals surface area contributed by atoms with E-state index in [4.69, 9.17) is 11.6 Å². The summed E-state index contributed by atoms with van der Waals surface area (Å²) in [5, 5.41) is 13.9. The zero-order valence-corrected chi connectivity index (χ0v) is 11.4. The van der Waals surface area contributed by atoms with E-state index in [2.05, 4.69) is 5.32 Å². The topological polar surface area (TPSA) is 55.2 Å². The Bertz CT molecular complexity index is 490. The highest BCUT2D eigenvalue weighted by atomic mass is 35.5. The van der Waals surface area contributed by atoms with E-state index in [9.17, 15) is 14.5 Å². The zero-order valence-electron chi connectivity index (χ0n) is 10.7. The molecule has 1 unspecified atom stereocenters. The third-order valence-corrected chi connectivity index (χ3v) is 4.02. The van der Waals surface area contributed by atoms with Crippen molar-refractivity contribution in [3.8, 4) is 0 Å². The molecule has 1 saturated carbocycles. The van der Waals surface area contributed by atoms with E-state index < -0.39 is 10.7 Å². The normalized spacial score (nSPS) is 17.4. The molecular weight excluding hydrogens is 271 g/mol. The standard InChI is InChI=1S/C13H16ClFN2O2/c1-8(9-4-2-3-5-9)16-12-6-10(14)11(15)7-13(12)17(18)19/h6-9,16H,2-5H2,1H3. The smallest absolute Gasteiger partial charge is 0.295 e. The first-order chi connectivity index (χ1) is 8.99. The Hall–Kier alpha value is -1.36. The van der Waals surface area contributed by atoms with Crippen LogP contribution in [0.3, 0.4) is 0 Å². The van der Waals surface area contributed by atoms with Crippen LogP contribution in [0.5, 0.6) is 0 Å². The molecule has 0 aromatic heterocycles. The van der Waals surface area contributed by atoms with Crippen molar-refractivity contribution in [1.29, 1.82) is 0 Å². The second kappa shape index (κ2) is 5.74. The lowest BCUT2D eigenvalue weighted by Gasteiger charge is -2.21. The number of halogens is 2. The third-order valence-electron chi connectivity index (χ3n) is 3.73. The van der Waals surface area contributed by atoms with Crippen LogP contribution >= 0.6 is 11.6 Å². The van der Waals surface area contributed by atoms with Gasteiger partial charge in [-0.15, -0.1) is 0 Å². The molecule has 0 radical (unpaired) electrons. The van der Waals surface area contributed by atoms with E-state index in [1.165, 1.54) is 18.9 Å². The van der Waals surface area contributed by atoms with Gasteiger partial charge in [0, 0.05) is 6.04 Å². The molecule has 1 atom stereocenters. The molecule has 0 bridgehead atoms. The molecule has 104 valence electrons. The minimum atomic E-state index is -0.771. The van der Waals surface area contributed by atoms with Crippen LogP contribution in [0.2, 0.25) is 5.02 Å². The monoisotopic (exact) mass is 286 g/mol. The third kappa shape index (κ3) is 3.15. The fourth-order valence-electron chi connectivity index (χ4n) is 2.62. The van der Waals surface area contributed by atoms with Gasteiger partial charge in [0.05, 0.1) is 16.0 Å².